The summed E-state index contributed by atoms with van der Waals surface area (Å²) in [7, 11) is 0. The van der Waals surface area contributed by atoms with Crippen LogP contribution in [-0.2, 0) is 0 Å². The minimum absolute atomic E-state index is 1.29. The van der Waals surface area contributed by atoms with Gasteiger partial charge in [-0.15, -0.1) is 0 Å². The highest BCUT2D eigenvalue weighted by atomic mass is 14.2. The molecule has 0 aromatic heterocycles. The minimum atomic E-state index is 1.29. The zero-order valence-electron chi connectivity index (χ0n) is 12.9. The summed E-state index contributed by atoms with van der Waals surface area (Å²) >= 11 is 0. The first-order chi connectivity index (χ1) is 10.8. The first-order valence-electron chi connectivity index (χ1n) is 7.73. The van der Waals surface area contributed by atoms with Gasteiger partial charge in [0.15, 0.2) is 0 Å². The highest BCUT2D eigenvalue weighted by Gasteiger charge is 2.12. The summed E-state index contributed by atoms with van der Waals surface area (Å²) in [5.74, 6) is 0. The summed E-state index contributed by atoms with van der Waals surface area (Å²) in [6, 6.07) is 26.2. The number of rotatable bonds is 1. The van der Waals surface area contributed by atoms with E-state index in [4.69, 9.17) is 0 Å². The fourth-order valence-corrected chi connectivity index (χ4v) is 3.43. The second kappa shape index (κ2) is 4.99. The van der Waals surface area contributed by atoms with Crippen molar-refractivity contribution in [2.45, 2.75) is 13.8 Å². The predicted octanol–water partition coefficient (Wildman–Crippen LogP) is 6.28. The molecular weight excluding hydrogens is 264 g/mol. The van der Waals surface area contributed by atoms with Gasteiger partial charge in [-0.25, -0.2) is 0 Å². The highest BCUT2D eigenvalue weighted by molar-refractivity contribution is 6.14. The molecule has 0 nitrogen and oxygen atoms in total. The van der Waals surface area contributed by atoms with E-state index in [2.05, 4.69) is 86.6 Å². The van der Waals surface area contributed by atoms with Gasteiger partial charge < -0.3 is 0 Å². The molecule has 0 bridgehead atoms. The molecule has 106 valence electrons. The van der Waals surface area contributed by atoms with Crippen molar-refractivity contribution < 1.29 is 0 Å². The van der Waals surface area contributed by atoms with E-state index in [1.165, 1.54) is 43.8 Å². The third kappa shape index (κ3) is 1.92. The van der Waals surface area contributed by atoms with Crippen LogP contribution < -0.4 is 0 Å². The summed E-state index contributed by atoms with van der Waals surface area (Å²) in [5, 5.41) is 5.38. The van der Waals surface area contributed by atoms with E-state index < -0.39 is 0 Å². The Morgan fingerprint density at radius 3 is 1.95 bits per heavy atom. The molecule has 0 atom stereocenters. The highest BCUT2D eigenvalue weighted by Crippen LogP contribution is 2.39. The standard InChI is InChI=1S/C22H18/c1-15-12-13-19-16(2)18-10-6-7-11-20(18)22(21(19)14-15)17-8-4-3-5-9-17/h3-14H,1-2H3. The molecule has 0 spiro atoms. The van der Waals surface area contributed by atoms with Gasteiger partial charge in [0, 0.05) is 0 Å². The van der Waals surface area contributed by atoms with Gasteiger partial charge in [-0.3, -0.25) is 0 Å². The monoisotopic (exact) mass is 282 g/mol. The van der Waals surface area contributed by atoms with Crippen molar-refractivity contribution in [1.82, 2.24) is 0 Å². The maximum Gasteiger partial charge on any atom is -0.00265 e. The van der Waals surface area contributed by atoms with Gasteiger partial charge in [-0.2, -0.15) is 0 Å². The third-order valence-corrected chi connectivity index (χ3v) is 4.51. The lowest BCUT2D eigenvalue weighted by Gasteiger charge is -2.15. The van der Waals surface area contributed by atoms with Crippen LogP contribution in [0.25, 0.3) is 32.7 Å². The van der Waals surface area contributed by atoms with Crippen LogP contribution in [0.2, 0.25) is 0 Å². The summed E-state index contributed by atoms with van der Waals surface area (Å²) in [6.07, 6.45) is 0. The second-order valence-electron chi connectivity index (χ2n) is 5.96. The number of aryl methyl sites for hydroxylation is 2. The molecule has 0 radical (unpaired) electrons. The van der Waals surface area contributed by atoms with Crippen LogP contribution in [0.4, 0.5) is 0 Å². The molecule has 0 aliphatic heterocycles. The van der Waals surface area contributed by atoms with Crippen molar-refractivity contribution in [2.75, 3.05) is 0 Å². The summed E-state index contributed by atoms with van der Waals surface area (Å²) in [6.45, 7) is 4.40. The second-order valence-corrected chi connectivity index (χ2v) is 5.96. The lowest BCUT2D eigenvalue weighted by atomic mass is 9.88. The molecule has 4 rings (SSSR count). The van der Waals surface area contributed by atoms with Crippen LogP contribution in [0.15, 0.2) is 72.8 Å². The number of fused-ring (bicyclic) bond motifs is 2. The van der Waals surface area contributed by atoms with E-state index in [9.17, 15) is 0 Å². The van der Waals surface area contributed by atoms with Crippen LogP contribution in [-0.4, -0.2) is 0 Å². The molecule has 4 aromatic carbocycles. The fourth-order valence-electron chi connectivity index (χ4n) is 3.43. The SMILES string of the molecule is Cc1ccc2c(C)c3ccccc3c(-c3ccccc3)c2c1. The molecule has 22 heavy (non-hydrogen) atoms. The first kappa shape index (κ1) is 13.1. The number of benzene rings is 4. The maximum absolute atomic E-state index is 2.32. The van der Waals surface area contributed by atoms with Crippen molar-refractivity contribution in [1.29, 1.82) is 0 Å². The number of hydrogen-bond donors (Lipinski definition) is 0. The van der Waals surface area contributed by atoms with Gasteiger partial charge in [-0.05, 0) is 52.1 Å². The molecular formula is C22H18. The molecule has 0 fully saturated rings. The Kier molecular flexibility index (Phi) is 2.97. The molecule has 0 amide bonds. The van der Waals surface area contributed by atoms with Crippen LogP contribution >= 0.6 is 0 Å². The molecule has 0 aliphatic rings. The predicted molar refractivity (Wildman–Crippen MR) is 96.4 cm³/mol. The van der Waals surface area contributed by atoms with Gasteiger partial charge in [0.05, 0.1) is 0 Å². The van der Waals surface area contributed by atoms with Crippen LogP contribution in [0.5, 0.6) is 0 Å². The zero-order chi connectivity index (χ0) is 15.1. The molecule has 4 aromatic rings. The Morgan fingerprint density at radius 2 is 1.18 bits per heavy atom. The van der Waals surface area contributed by atoms with E-state index in [0.29, 0.717) is 0 Å². The number of hydrogen-bond acceptors (Lipinski definition) is 0. The lowest BCUT2D eigenvalue weighted by Crippen LogP contribution is -1.90. The Balaban J connectivity index is 2.28. The van der Waals surface area contributed by atoms with E-state index >= 15 is 0 Å². The normalized spacial score (nSPS) is 11.2. The Hall–Kier alpha value is -2.60. The average Bonchev–Trinajstić information content (AvgIpc) is 2.56. The third-order valence-electron chi connectivity index (χ3n) is 4.51. The minimum Gasteiger partial charge on any atom is -0.0622 e. The van der Waals surface area contributed by atoms with Crippen molar-refractivity contribution in [3.63, 3.8) is 0 Å². The average molecular weight is 282 g/mol. The van der Waals surface area contributed by atoms with Gasteiger partial charge in [0.1, 0.15) is 0 Å². The Bertz CT molecular complexity index is 979. The van der Waals surface area contributed by atoms with E-state index in [0.717, 1.165) is 0 Å². The molecule has 0 heterocycles. The molecule has 0 saturated heterocycles. The van der Waals surface area contributed by atoms with Crippen molar-refractivity contribution >= 4 is 21.5 Å². The van der Waals surface area contributed by atoms with Crippen LogP contribution in [0.1, 0.15) is 11.1 Å². The molecule has 0 saturated carbocycles. The van der Waals surface area contributed by atoms with Crippen molar-refractivity contribution in [2.24, 2.45) is 0 Å². The van der Waals surface area contributed by atoms with Crippen LogP contribution in [0.3, 0.4) is 0 Å². The quantitative estimate of drug-likeness (QED) is 0.360. The van der Waals surface area contributed by atoms with Crippen molar-refractivity contribution in [3.8, 4) is 11.1 Å². The zero-order valence-corrected chi connectivity index (χ0v) is 12.9. The molecule has 0 unspecified atom stereocenters. The van der Waals surface area contributed by atoms with Gasteiger partial charge in [0.25, 0.3) is 0 Å². The molecule has 0 N–H and O–H groups in total. The van der Waals surface area contributed by atoms with E-state index in [1.807, 2.05) is 0 Å². The topological polar surface area (TPSA) is 0 Å². The summed E-state index contributed by atoms with van der Waals surface area (Å²) < 4.78 is 0. The summed E-state index contributed by atoms with van der Waals surface area (Å²) in [5.41, 5.74) is 5.31. The van der Waals surface area contributed by atoms with Crippen molar-refractivity contribution in [3.05, 3.63) is 83.9 Å². The smallest absolute Gasteiger partial charge is 0.00265 e. The lowest BCUT2D eigenvalue weighted by molar-refractivity contribution is 1.49. The largest absolute Gasteiger partial charge is 0.0622 e. The van der Waals surface area contributed by atoms with Gasteiger partial charge in [-0.1, -0.05) is 78.4 Å². The van der Waals surface area contributed by atoms with Crippen LogP contribution in [0, 0.1) is 13.8 Å². The Morgan fingerprint density at radius 1 is 0.545 bits per heavy atom. The molecule has 0 aliphatic carbocycles. The van der Waals surface area contributed by atoms with E-state index in [-0.39, 0.29) is 0 Å². The molecule has 0 heteroatoms. The maximum atomic E-state index is 2.32. The van der Waals surface area contributed by atoms with E-state index in [1.54, 1.807) is 0 Å². The fraction of sp³-hybridized carbons (Fsp3) is 0.0909. The van der Waals surface area contributed by atoms with Gasteiger partial charge >= 0.3 is 0 Å². The Labute approximate surface area is 131 Å². The van der Waals surface area contributed by atoms with Gasteiger partial charge in [0.2, 0.25) is 0 Å². The summed E-state index contributed by atoms with van der Waals surface area (Å²) in [4.78, 5) is 0. The first-order valence-corrected chi connectivity index (χ1v) is 7.73.